The van der Waals surface area contributed by atoms with E-state index in [1.165, 1.54) is 0 Å². The number of hydrogen-bond donors (Lipinski definition) is 0. The van der Waals surface area contributed by atoms with Crippen LogP contribution in [0.4, 0.5) is 5.69 Å². The van der Waals surface area contributed by atoms with Gasteiger partial charge in [-0.05, 0) is 36.4 Å². The first-order valence-corrected chi connectivity index (χ1v) is 9.52. The molecule has 6 heteroatoms. The summed E-state index contributed by atoms with van der Waals surface area (Å²) in [5.41, 5.74) is 1.78. The van der Waals surface area contributed by atoms with E-state index in [-0.39, 0.29) is 5.91 Å². The summed E-state index contributed by atoms with van der Waals surface area (Å²) in [6.45, 7) is 2.69. The van der Waals surface area contributed by atoms with Gasteiger partial charge in [0.15, 0.2) is 5.76 Å². The molecule has 0 radical (unpaired) electrons. The lowest BCUT2D eigenvalue weighted by Gasteiger charge is -2.36. The molecule has 1 aliphatic rings. The predicted molar refractivity (Wildman–Crippen MR) is 109 cm³/mol. The van der Waals surface area contributed by atoms with E-state index in [2.05, 4.69) is 4.90 Å². The fraction of sp³-hybridized carbons (Fsp3) is 0.190. The molecule has 1 aromatic heterocycles. The van der Waals surface area contributed by atoms with Crippen LogP contribution in [0.5, 0.6) is 0 Å². The zero-order valence-corrected chi connectivity index (χ0v) is 16.1. The van der Waals surface area contributed by atoms with Crippen molar-refractivity contribution in [2.75, 3.05) is 31.1 Å². The van der Waals surface area contributed by atoms with Crippen LogP contribution in [0.3, 0.4) is 0 Å². The van der Waals surface area contributed by atoms with Crippen LogP contribution in [-0.2, 0) is 0 Å². The maximum atomic E-state index is 12.8. The van der Waals surface area contributed by atoms with E-state index < -0.39 is 0 Å². The molecule has 4 rings (SSSR count). The Morgan fingerprint density at radius 2 is 1.48 bits per heavy atom. The molecule has 138 valence electrons. The molecule has 0 saturated carbocycles. The molecule has 0 N–H and O–H groups in total. The topological polar surface area (TPSA) is 36.7 Å². The van der Waals surface area contributed by atoms with Crippen LogP contribution >= 0.6 is 23.2 Å². The number of rotatable bonds is 3. The molecule has 1 amide bonds. The number of para-hydroxylation sites is 1. The zero-order valence-electron chi connectivity index (χ0n) is 14.6. The maximum absolute atomic E-state index is 12.8. The van der Waals surface area contributed by atoms with E-state index >= 15 is 0 Å². The molecule has 2 aromatic carbocycles. The molecule has 0 aliphatic carbocycles. The molecule has 1 aliphatic heterocycles. The molecule has 2 heterocycles. The number of hydrogen-bond acceptors (Lipinski definition) is 3. The van der Waals surface area contributed by atoms with Crippen LogP contribution in [-0.4, -0.2) is 37.0 Å². The van der Waals surface area contributed by atoms with Crippen LogP contribution in [0.1, 0.15) is 10.6 Å². The second kappa shape index (κ2) is 7.67. The van der Waals surface area contributed by atoms with Gasteiger partial charge < -0.3 is 14.2 Å². The Balaban J connectivity index is 1.44. The van der Waals surface area contributed by atoms with Crippen molar-refractivity contribution in [2.24, 2.45) is 0 Å². The van der Waals surface area contributed by atoms with Crippen molar-refractivity contribution in [1.82, 2.24) is 4.90 Å². The van der Waals surface area contributed by atoms with Gasteiger partial charge in [-0.3, -0.25) is 4.79 Å². The zero-order chi connectivity index (χ0) is 18.8. The number of carbonyl (C=O) groups is 1. The van der Waals surface area contributed by atoms with Crippen LogP contribution in [0.2, 0.25) is 10.0 Å². The molecule has 27 heavy (non-hydrogen) atoms. The lowest BCUT2D eigenvalue weighted by atomic mass is 10.2. The van der Waals surface area contributed by atoms with Gasteiger partial charge >= 0.3 is 0 Å². The fourth-order valence-corrected chi connectivity index (χ4v) is 3.76. The van der Waals surface area contributed by atoms with Gasteiger partial charge in [-0.1, -0.05) is 47.5 Å². The van der Waals surface area contributed by atoms with Crippen molar-refractivity contribution in [3.63, 3.8) is 0 Å². The largest absolute Gasteiger partial charge is 0.451 e. The predicted octanol–water partition coefficient (Wildman–Crippen LogP) is 5.22. The Bertz CT molecular complexity index is 962. The molecule has 0 unspecified atom stereocenters. The second-order valence-corrected chi connectivity index (χ2v) is 7.19. The SMILES string of the molecule is O=C(c1ccc(-c2ccccc2Cl)o1)N1CCN(c2ccccc2Cl)CC1. The lowest BCUT2D eigenvalue weighted by Crippen LogP contribution is -2.48. The van der Waals surface area contributed by atoms with Gasteiger partial charge in [0.05, 0.1) is 15.7 Å². The summed E-state index contributed by atoms with van der Waals surface area (Å²) >= 11 is 12.5. The lowest BCUT2D eigenvalue weighted by molar-refractivity contribution is 0.0715. The summed E-state index contributed by atoms with van der Waals surface area (Å²) in [7, 11) is 0. The van der Waals surface area contributed by atoms with Gasteiger partial charge in [0.1, 0.15) is 5.76 Å². The normalized spacial score (nSPS) is 14.4. The van der Waals surface area contributed by atoms with Crippen molar-refractivity contribution in [2.45, 2.75) is 0 Å². The van der Waals surface area contributed by atoms with Gasteiger partial charge in [-0.25, -0.2) is 0 Å². The fourth-order valence-electron chi connectivity index (χ4n) is 3.27. The summed E-state index contributed by atoms with van der Waals surface area (Å²) in [6, 6.07) is 18.7. The molecule has 0 spiro atoms. The number of carbonyl (C=O) groups excluding carboxylic acids is 1. The first-order valence-electron chi connectivity index (χ1n) is 8.77. The van der Waals surface area contributed by atoms with Crippen molar-refractivity contribution in [3.05, 3.63) is 76.5 Å². The Hall–Kier alpha value is -2.43. The quantitative estimate of drug-likeness (QED) is 0.604. The van der Waals surface area contributed by atoms with E-state index in [1.807, 2.05) is 47.4 Å². The number of anilines is 1. The third-order valence-electron chi connectivity index (χ3n) is 4.72. The van der Waals surface area contributed by atoms with Crippen molar-refractivity contribution in [1.29, 1.82) is 0 Å². The standard InChI is InChI=1S/C21H18Cl2N2O2/c22-16-6-2-1-5-15(16)19-9-10-20(27-19)21(26)25-13-11-24(12-14-25)18-8-4-3-7-17(18)23/h1-10H,11-14H2. The van der Waals surface area contributed by atoms with E-state index in [4.69, 9.17) is 27.6 Å². The minimum Gasteiger partial charge on any atom is -0.451 e. The van der Waals surface area contributed by atoms with Crippen molar-refractivity contribution in [3.8, 4) is 11.3 Å². The van der Waals surface area contributed by atoms with Gasteiger partial charge in [0, 0.05) is 31.7 Å². The molecular weight excluding hydrogens is 383 g/mol. The Labute approximate surface area is 167 Å². The van der Waals surface area contributed by atoms with E-state index in [0.29, 0.717) is 29.6 Å². The van der Waals surface area contributed by atoms with Gasteiger partial charge in [0.25, 0.3) is 5.91 Å². The monoisotopic (exact) mass is 400 g/mol. The highest BCUT2D eigenvalue weighted by Crippen LogP contribution is 2.30. The Morgan fingerprint density at radius 1 is 0.815 bits per heavy atom. The number of halogens is 2. The summed E-state index contributed by atoms with van der Waals surface area (Å²) in [4.78, 5) is 16.8. The molecule has 3 aromatic rings. The van der Waals surface area contributed by atoms with E-state index in [9.17, 15) is 4.79 Å². The van der Waals surface area contributed by atoms with Crippen LogP contribution in [0.25, 0.3) is 11.3 Å². The molecule has 0 bridgehead atoms. The molecular formula is C21H18Cl2N2O2. The number of amides is 1. The highest BCUT2D eigenvalue weighted by molar-refractivity contribution is 6.33. The summed E-state index contributed by atoms with van der Waals surface area (Å²) in [5.74, 6) is 0.821. The molecule has 0 atom stereocenters. The first-order chi connectivity index (χ1) is 13.1. The Kier molecular flexibility index (Phi) is 5.10. The average Bonchev–Trinajstić information content (AvgIpc) is 3.18. The Morgan fingerprint density at radius 3 is 2.19 bits per heavy atom. The second-order valence-electron chi connectivity index (χ2n) is 6.37. The molecule has 1 saturated heterocycles. The highest BCUT2D eigenvalue weighted by atomic mass is 35.5. The number of nitrogens with zero attached hydrogens (tertiary/aromatic N) is 2. The smallest absolute Gasteiger partial charge is 0.289 e. The highest BCUT2D eigenvalue weighted by Gasteiger charge is 2.25. The average molecular weight is 401 g/mol. The van der Waals surface area contributed by atoms with Crippen LogP contribution < -0.4 is 4.90 Å². The van der Waals surface area contributed by atoms with Crippen molar-refractivity contribution >= 4 is 34.8 Å². The van der Waals surface area contributed by atoms with Crippen LogP contribution in [0.15, 0.2) is 65.1 Å². The third-order valence-corrected chi connectivity index (χ3v) is 5.37. The maximum Gasteiger partial charge on any atom is 0.289 e. The van der Waals surface area contributed by atoms with Crippen molar-refractivity contribution < 1.29 is 9.21 Å². The van der Waals surface area contributed by atoms with Gasteiger partial charge in [-0.15, -0.1) is 0 Å². The first kappa shape index (κ1) is 18.0. The van der Waals surface area contributed by atoms with Gasteiger partial charge in [0.2, 0.25) is 0 Å². The summed E-state index contributed by atoms with van der Waals surface area (Å²) in [6.07, 6.45) is 0. The summed E-state index contributed by atoms with van der Waals surface area (Å²) in [5, 5.41) is 1.33. The van der Waals surface area contributed by atoms with E-state index in [0.717, 1.165) is 29.4 Å². The summed E-state index contributed by atoms with van der Waals surface area (Å²) < 4.78 is 5.79. The minimum absolute atomic E-state index is 0.105. The number of piperazine rings is 1. The van der Waals surface area contributed by atoms with Gasteiger partial charge in [-0.2, -0.15) is 0 Å². The number of benzene rings is 2. The van der Waals surface area contributed by atoms with E-state index in [1.54, 1.807) is 18.2 Å². The number of furan rings is 1. The molecule has 1 fully saturated rings. The third kappa shape index (κ3) is 3.68. The molecule has 4 nitrogen and oxygen atoms in total. The minimum atomic E-state index is -0.105. The van der Waals surface area contributed by atoms with Crippen LogP contribution in [0, 0.1) is 0 Å².